The molecule has 0 aliphatic rings. The van der Waals surface area contributed by atoms with Gasteiger partial charge in [-0.1, -0.05) is 34.1 Å². The Kier molecular flexibility index (Phi) is 3.52. The summed E-state index contributed by atoms with van der Waals surface area (Å²) in [5.74, 6) is 0.759. The Bertz CT molecular complexity index is 723. The molecule has 3 rings (SSSR count). The molecule has 2 heterocycles. The average molecular weight is 382 g/mol. The molecule has 0 saturated carbocycles. The lowest BCUT2D eigenvalue weighted by Gasteiger charge is -2.09. The minimum absolute atomic E-state index is 0.688. The highest BCUT2D eigenvalue weighted by Crippen LogP contribution is 2.20. The molecule has 19 heavy (non-hydrogen) atoms. The summed E-state index contributed by atoms with van der Waals surface area (Å²) in [6.07, 6.45) is 5.53. The van der Waals surface area contributed by atoms with E-state index < -0.39 is 0 Å². The summed E-state index contributed by atoms with van der Waals surface area (Å²) in [7, 11) is 0. The molecular formula is C13H10Br2N4. The van der Waals surface area contributed by atoms with Gasteiger partial charge in [0.05, 0.1) is 0 Å². The molecule has 6 heteroatoms. The summed E-state index contributed by atoms with van der Waals surface area (Å²) >= 11 is 6.94. The van der Waals surface area contributed by atoms with Crippen LogP contribution in [0.4, 0.5) is 5.82 Å². The smallest absolute Gasteiger partial charge is 0.180 e. The van der Waals surface area contributed by atoms with Crippen molar-refractivity contribution >= 4 is 43.3 Å². The molecule has 0 saturated heterocycles. The average Bonchev–Trinajstić information content (AvgIpc) is 2.85. The van der Waals surface area contributed by atoms with Crippen LogP contribution in [0, 0.1) is 0 Å². The Morgan fingerprint density at radius 3 is 2.89 bits per heavy atom. The van der Waals surface area contributed by atoms with Crippen LogP contribution >= 0.6 is 31.9 Å². The van der Waals surface area contributed by atoms with Crippen molar-refractivity contribution in [1.82, 2.24) is 14.4 Å². The van der Waals surface area contributed by atoms with E-state index in [-0.39, 0.29) is 0 Å². The van der Waals surface area contributed by atoms with Crippen molar-refractivity contribution in [2.75, 3.05) is 5.32 Å². The predicted molar refractivity (Wildman–Crippen MR) is 82.2 cm³/mol. The Balaban J connectivity index is 1.90. The molecule has 0 atom stereocenters. The van der Waals surface area contributed by atoms with Gasteiger partial charge in [0.15, 0.2) is 11.5 Å². The lowest BCUT2D eigenvalue weighted by molar-refractivity contribution is 1.05. The minimum Gasteiger partial charge on any atom is -0.363 e. The van der Waals surface area contributed by atoms with E-state index in [1.807, 2.05) is 35.0 Å². The van der Waals surface area contributed by atoms with Crippen LogP contribution in [-0.4, -0.2) is 14.4 Å². The molecule has 96 valence electrons. The van der Waals surface area contributed by atoms with Crippen molar-refractivity contribution in [2.45, 2.75) is 6.54 Å². The Morgan fingerprint density at radius 1 is 1.21 bits per heavy atom. The number of rotatable bonds is 3. The fourth-order valence-corrected chi connectivity index (χ4v) is 2.66. The van der Waals surface area contributed by atoms with Crippen LogP contribution in [0.1, 0.15) is 5.56 Å². The molecule has 0 radical (unpaired) electrons. The van der Waals surface area contributed by atoms with Crippen LogP contribution < -0.4 is 5.32 Å². The number of nitrogens with one attached hydrogen (secondary N) is 1. The van der Waals surface area contributed by atoms with Crippen molar-refractivity contribution in [3.05, 3.63) is 57.5 Å². The van der Waals surface area contributed by atoms with Crippen molar-refractivity contribution in [3.8, 4) is 0 Å². The Hall–Kier alpha value is -1.40. The molecule has 1 aromatic carbocycles. The second-order valence-corrected chi connectivity index (χ2v) is 5.68. The van der Waals surface area contributed by atoms with Gasteiger partial charge in [0.25, 0.3) is 0 Å². The summed E-state index contributed by atoms with van der Waals surface area (Å²) in [5.41, 5.74) is 1.99. The van der Waals surface area contributed by atoms with Gasteiger partial charge in [-0.25, -0.2) is 9.97 Å². The summed E-state index contributed by atoms with van der Waals surface area (Å²) in [4.78, 5) is 8.73. The quantitative estimate of drug-likeness (QED) is 0.748. The van der Waals surface area contributed by atoms with Gasteiger partial charge in [0.1, 0.15) is 4.60 Å². The van der Waals surface area contributed by atoms with Gasteiger partial charge in [-0.05, 0) is 27.6 Å². The standard InChI is InChI=1S/C13H10Br2N4/c14-10-4-2-1-3-9(10)7-17-12-13-16-5-6-19(13)8-11(15)18-12/h1-6,8H,7H2,(H,17,18). The van der Waals surface area contributed by atoms with E-state index >= 15 is 0 Å². The van der Waals surface area contributed by atoms with E-state index in [0.29, 0.717) is 6.54 Å². The van der Waals surface area contributed by atoms with E-state index in [1.54, 1.807) is 6.20 Å². The van der Waals surface area contributed by atoms with Gasteiger partial charge in [-0.3, -0.25) is 0 Å². The normalized spacial score (nSPS) is 10.8. The maximum Gasteiger partial charge on any atom is 0.180 e. The first-order valence-electron chi connectivity index (χ1n) is 5.70. The number of benzene rings is 1. The summed E-state index contributed by atoms with van der Waals surface area (Å²) in [5, 5.41) is 3.32. The fourth-order valence-electron chi connectivity index (χ4n) is 1.84. The van der Waals surface area contributed by atoms with Crippen molar-refractivity contribution in [3.63, 3.8) is 0 Å². The topological polar surface area (TPSA) is 42.2 Å². The number of hydrogen-bond acceptors (Lipinski definition) is 3. The Labute approximate surface area is 127 Å². The summed E-state index contributed by atoms with van der Waals surface area (Å²) in [6, 6.07) is 8.10. The molecule has 0 aliphatic heterocycles. The second-order valence-electron chi connectivity index (χ2n) is 4.02. The van der Waals surface area contributed by atoms with Crippen LogP contribution in [0.3, 0.4) is 0 Å². The third kappa shape index (κ3) is 2.64. The molecule has 0 amide bonds. The zero-order valence-electron chi connectivity index (χ0n) is 9.85. The minimum atomic E-state index is 0.688. The number of imidazole rings is 1. The van der Waals surface area contributed by atoms with Gasteiger partial charge >= 0.3 is 0 Å². The molecule has 0 bridgehead atoms. The zero-order chi connectivity index (χ0) is 13.2. The van der Waals surface area contributed by atoms with Gasteiger partial charge in [-0.15, -0.1) is 0 Å². The molecule has 0 fully saturated rings. The molecule has 2 aromatic heterocycles. The SMILES string of the molecule is Brc1cn2ccnc2c(NCc2ccccc2Br)n1. The third-order valence-electron chi connectivity index (χ3n) is 2.75. The first-order chi connectivity index (χ1) is 9.24. The van der Waals surface area contributed by atoms with E-state index in [2.05, 4.69) is 53.2 Å². The maximum atomic E-state index is 4.43. The van der Waals surface area contributed by atoms with Gasteiger partial charge in [0, 0.05) is 29.6 Å². The summed E-state index contributed by atoms with van der Waals surface area (Å²) in [6.45, 7) is 0.688. The molecule has 1 N–H and O–H groups in total. The van der Waals surface area contributed by atoms with Crippen molar-refractivity contribution < 1.29 is 0 Å². The highest BCUT2D eigenvalue weighted by atomic mass is 79.9. The lowest BCUT2D eigenvalue weighted by Crippen LogP contribution is -2.04. The third-order valence-corrected chi connectivity index (χ3v) is 3.90. The molecule has 3 aromatic rings. The van der Waals surface area contributed by atoms with E-state index in [1.165, 1.54) is 5.56 Å². The number of anilines is 1. The Morgan fingerprint density at radius 2 is 2.05 bits per heavy atom. The van der Waals surface area contributed by atoms with Crippen molar-refractivity contribution in [2.24, 2.45) is 0 Å². The van der Waals surface area contributed by atoms with Crippen LogP contribution in [0.15, 0.2) is 51.9 Å². The molecule has 4 nitrogen and oxygen atoms in total. The fraction of sp³-hybridized carbons (Fsp3) is 0.0769. The molecule has 0 unspecified atom stereocenters. The van der Waals surface area contributed by atoms with Gasteiger partial charge in [-0.2, -0.15) is 0 Å². The number of halogens is 2. The van der Waals surface area contributed by atoms with Gasteiger partial charge < -0.3 is 9.72 Å². The first kappa shape index (κ1) is 12.6. The number of nitrogens with zero attached hydrogens (tertiary/aromatic N) is 3. The summed E-state index contributed by atoms with van der Waals surface area (Å²) < 4.78 is 3.78. The highest BCUT2D eigenvalue weighted by molar-refractivity contribution is 9.10. The maximum absolute atomic E-state index is 4.43. The van der Waals surface area contributed by atoms with Crippen LogP contribution in [0.2, 0.25) is 0 Å². The first-order valence-corrected chi connectivity index (χ1v) is 7.29. The lowest BCUT2D eigenvalue weighted by atomic mass is 10.2. The molecule has 0 spiro atoms. The van der Waals surface area contributed by atoms with Gasteiger partial charge in [0.2, 0.25) is 0 Å². The number of fused-ring (bicyclic) bond motifs is 1. The van der Waals surface area contributed by atoms with Crippen molar-refractivity contribution in [1.29, 1.82) is 0 Å². The van der Waals surface area contributed by atoms with E-state index in [4.69, 9.17) is 0 Å². The largest absolute Gasteiger partial charge is 0.363 e. The second kappa shape index (κ2) is 5.30. The van der Waals surface area contributed by atoms with E-state index in [0.717, 1.165) is 20.5 Å². The predicted octanol–water partition coefficient (Wildman–Crippen LogP) is 3.87. The van der Waals surface area contributed by atoms with E-state index in [9.17, 15) is 0 Å². The molecule has 0 aliphatic carbocycles. The number of hydrogen-bond donors (Lipinski definition) is 1. The number of aromatic nitrogens is 3. The van der Waals surface area contributed by atoms with Crippen LogP contribution in [-0.2, 0) is 6.54 Å². The molecular weight excluding hydrogens is 372 g/mol. The monoisotopic (exact) mass is 380 g/mol. The van der Waals surface area contributed by atoms with Crippen LogP contribution in [0.25, 0.3) is 5.65 Å². The zero-order valence-corrected chi connectivity index (χ0v) is 13.0. The highest BCUT2D eigenvalue weighted by Gasteiger charge is 2.06. The van der Waals surface area contributed by atoms with Crippen LogP contribution in [0.5, 0.6) is 0 Å².